The van der Waals surface area contributed by atoms with Crippen molar-refractivity contribution < 1.29 is 4.79 Å². The van der Waals surface area contributed by atoms with Gasteiger partial charge in [-0.25, -0.2) is 4.79 Å². The molecule has 2 N–H and O–H groups in total. The number of nitrogens with one attached hydrogen (secondary N) is 2. The number of hydrogen-bond donors (Lipinski definition) is 2. The predicted molar refractivity (Wildman–Crippen MR) is 84.8 cm³/mol. The lowest BCUT2D eigenvalue weighted by Gasteiger charge is -2.12. The number of pyridine rings is 1. The van der Waals surface area contributed by atoms with Crippen LogP contribution in [0.4, 0.5) is 4.79 Å². The van der Waals surface area contributed by atoms with E-state index in [1.165, 1.54) is 10.5 Å². The number of amides is 2. The summed E-state index contributed by atoms with van der Waals surface area (Å²) in [5, 5.41) is 3.79. The number of H-pyrrole nitrogens is 1. The highest BCUT2D eigenvalue weighted by atomic mass is 16.2. The number of carbonyl (C=O) groups is 1. The lowest BCUT2D eigenvalue weighted by molar-refractivity contribution is 0.217. The molecule has 0 spiro atoms. The Bertz CT molecular complexity index is 732. The van der Waals surface area contributed by atoms with Crippen LogP contribution in [0.5, 0.6) is 0 Å². The maximum absolute atomic E-state index is 12.1. The maximum atomic E-state index is 12.1. The van der Waals surface area contributed by atoms with E-state index in [2.05, 4.69) is 22.4 Å². The summed E-state index contributed by atoms with van der Waals surface area (Å²) in [4.78, 5) is 28.0. The van der Waals surface area contributed by atoms with Gasteiger partial charge in [-0.2, -0.15) is 0 Å². The molecule has 0 aliphatic heterocycles. The van der Waals surface area contributed by atoms with Crippen LogP contribution in [0.25, 0.3) is 10.9 Å². The number of rotatable bonds is 3. The molecule has 0 aliphatic rings. The fraction of sp³-hybridized carbons (Fsp3) is 0.375. The number of benzene rings is 1. The molecule has 5 heteroatoms. The number of aromatic amines is 1. The summed E-state index contributed by atoms with van der Waals surface area (Å²) in [5.41, 5.74) is 3.71. The molecular formula is C16H21N3O2. The molecule has 0 unspecified atom stereocenters. The van der Waals surface area contributed by atoms with Gasteiger partial charge in [-0.05, 0) is 43.4 Å². The van der Waals surface area contributed by atoms with Gasteiger partial charge in [-0.1, -0.05) is 11.6 Å². The molecule has 1 aromatic carbocycles. The highest BCUT2D eigenvalue weighted by molar-refractivity contribution is 5.82. The van der Waals surface area contributed by atoms with Gasteiger partial charge in [0.2, 0.25) is 0 Å². The first-order valence-electron chi connectivity index (χ1n) is 6.97. The van der Waals surface area contributed by atoms with Crippen molar-refractivity contribution in [2.24, 2.45) is 0 Å². The van der Waals surface area contributed by atoms with Crippen LogP contribution < -0.4 is 10.9 Å². The van der Waals surface area contributed by atoms with Crippen LogP contribution in [-0.4, -0.2) is 36.6 Å². The molecule has 0 atom stereocenters. The zero-order valence-electron chi connectivity index (χ0n) is 12.9. The van der Waals surface area contributed by atoms with Gasteiger partial charge in [0.05, 0.1) is 5.52 Å². The second-order valence-corrected chi connectivity index (χ2v) is 5.55. The molecule has 0 bridgehead atoms. The molecule has 2 aromatic rings. The standard InChI is InChI=1S/C16H21N3O2/c1-10-7-11(2)14-13(8-10)9-12(15(20)18-14)5-6-17-16(21)19(3)4/h7-9H,5-6H2,1-4H3,(H,17,21)(H,18,20). The average molecular weight is 287 g/mol. The van der Waals surface area contributed by atoms with Crippen LogP contribution in [-0.2, 0) is 6.42 Å². The van der Waals surface area contributed by atoms with Crippen LogP contribution in [0.2, 0.25) is 0 Å². The van der Waals surface area contributed by atoms with E-state index in [0.29, 0.717) is 18.5 Å². The minimum Gasteiger partial charge on any atom is -0.338 e. The van der Waals surface area contributed by atoms with Gasteiger partial charge in [0.1, 0.15) is 0 Å². The van der Waals surface area contributed by atoms with Crippen molar-refractivity contribution in [3.05, 3.63) is 45.2 Å². The van der Waals surface area contributed by atoms with E-state index in [1.807, 2.05) is 19.9 Å². The highest BCUT2D eigenvalue weighted by Crippen LogP contribution is 2.17. The number of urea groups is 1. The summed E-state index contributed by atoms with van der Waals surface area (Å²) < 4.78 is 0. The molecule has 0 saturated carbocycles. The van der Waals surface area contributed by atoms with Gasteiger partial charge >= 0.3 is 6.03 Å². The van der Waals surface area contributed by atoms with Crippen LogP contribution in [0.1, 0.15) is 16.7 Å². The van der Waals surface area contributed by atoms with E-state index < -0.39 is 0 Å². The number of nitrogens with zero attached hydrogens (tertiary/aromatic N) is 1. The van der Waals surface area contributed by atoms with Gasteiger partial charge < -0.3 is 15.2 Å². The summed E-state index contributed by atoms with van der Waals surface area (Å²) in [5.74, 6) is 0. The van der Waals surface area contributed by atoms with E-state index in [-0.39, 0.29) is 11.6 Å². The first kappa shape index (κ1) is 15.1. The number of aryl methyl sites for hydroxylation is 2. The van der Waals surface area contributed by atoms with Crippen LogP contribution in [0, 0.1) is 13.8 Å². The SMILES string of the molecule is Cc1cc(C)c2[nH]c(=O)c(CCNC(=O)N(C)C)cc2c1. The van der Waals surface area contributed by atoms with Crippen LogP contribution in [0.3, 0.4) is 0 Å². The average Bonchev–Trinajstić information content (AvgIpc) is 2.40. The second-order valence-electron chi connectivity index (χ2n) is 5.55. The molecule has 0 aliphatic carbocycles. The zero-order chi connectivity index (χ0) is 15.6. The topological polar surface area (TPSA) is 65.2 Å². The van der Waals surface area contributed by atoms with Gasteiger partial charge in [-0.3, -0.25) is 4.79 Å². The molecule has 1 heterocycles. The highest BCUT2D eigenvalue weighted by Gasteiger charge is 2.07. The summed E-state index contributed by atoms with van der Waals surface area (Å²) in [6.07, 6.45) is 0.512. The smallest absolute Gasteiger partial charge is 0.316 e. The third-order valence-electron chi connectivity index (χ3n) is 3.45. The molecule has 2 amide bonds. The van der Waals surface area contributed by atoms with Crippen molar-refractivity contribution in [3.63, 3.8) is 0 Å². The van der Waals surface area contributed by atoms with E-state index in [9.17, 15) is 9.59 Å². The van der Waals surface area contributed by atoms with Crippen molar-refractivity contribution in [1.82, 2.24) is 15.2 Å². The van der Waals surface area contributed by atoms with Crippen LogP contribution in [0.15, 0.2) is 23.0 Å². The monoisotopic (exact) mass is 287 g/mol. The molecule has 0 radical (unpaired) electrons. The van der Waals surface area contributed by atoms with E-state index in [0.717, 1.165) is 16.5 Å². The summed E-state index contributed by atoms with van der Waals surface area (Å²) in [7, 11) is 3.37. The van der Waals surface area contributed by atoms with Gasteiger partial charge in [0, 0.05) is 26.2 Å². The first-order valence-corrected chi connectivity index (χ1v) is 6.97. The van der Waals surface area contributed by atoms with Crippen molar-refractivity contribution in [2.75, 3.05) is 20.6 Å². The molecular weight excluding hydrogens is 266 g/mol. The summed E-state index contributed by atoms with van der Waals surface area (Å²) >= 11 is 0. The summed E-state index contributed by atoms with van der Waals surface area (Å²) in [6, 6.07) is 5.87. The van der Waals surface area contributed by atoms with Crippen LogP contribution >= 0.6 is 0 Å². The molecule has 2 rings (SSSR count). The number of aromatic nitrogens is 1. The Hall–Kier alpha value is -2.30. The summed E-state index contributed by atoms with van der Waals surface area (Å²) in [6.45, 7) is 4.47. The lowest BCUT2D eigenvalue weighted by atomic mass is 10.0. The fourth-order valence-electron chi connectivity index (χ4n) is 2.38. The van der Waals surface area contributed by atoms with Gasteiger partial charge in [0.15, 0.2) is 0 Å². The van der Waals surface area contributed by atoms with Crippen molar-refractivity contribution in [1.29, 1.82) is 0 Å². The first-order chi connectivity index (χ1) is 9.88. The third kappa shape index (κ3) is 3.42. The van der Waals surface area contributed by atoms with Gasteiger partial charge in [-0.15, -0.1) is 0 Å². The lowest BCUT2D eigenvalue weighted by Crippen LogP contribution is -2.36. The molecule has 0 fully saturated rings. The predicted octanol–water partition coefficient (Wildman–Crippen LogP) is 1.96. The van der Waals surface area contributed by atoms with E-state index in [1.54, 1.807) is 14.1 Å². The molecule has 0 saturated heterocycles. The maximum Gasteiger partial charge on any atom is 0.316 e. The molecule has 21 heavy (non-hydrogen) atoms. The van der Waals surface area contributed by atoms with Crippen molar-refractivity contribution in [2.45, 2.75) is 20.3 Å². The Kier molecular flexibility index (Phi) is 4.31. The minimum absolute atomic E-state index is 0.0893. The Balaban J connectivity index is 2.23. The van der Waals surface area contributed by atoms with Gasteiger partial charge in [0.25, 0.3) is 5.56 Å². The minimum atomic E-state index is -0.154. The van der Waals surface area contributed by atoms with E-state index >= 15 is 0 Å². The van der Waals surface area contributed by atoms with Crippen molar-refractivity contribution >= 4 is 16.9 Å². The molecule has 112 valence electrons. The normalized spacial score (nSPS) is 10.7. The Morgan fingerprint density at radius 1 is 1.24 bits per heavy atom. The zero-order valence-corrected chi connectivity index (χ0v) is 12.9. The molecule has 5 nitrogen and oxygen atoms in total. The Morgan fingerprint density at radius 2 is 1.95 bits per heavy atom. The number of fused-ring (bicyclic) bond motifs is 1. The fourth-order valence-corrected chi connectivity index (χ4v) is 2.38. The Morgan fingerprint density at radius 3 is 2.62 bits per heavy atom. The van der Waals surface area contributed by atoms with E-state index in [4.69, 9.17) is 0 Å². The largest absolute Gasteiger partial charge is 0.338 e. The van der Waals surface area contributed by atoms with Crippen molar-refractivity contribution in [3.8, 4) is 0 Å². The third-order valence-corrected chi connectivity index (χ3v) is 3.45. The number of hydrogen-bond acceptors (Lipinski definition) is 2. The number of carbonyl (C=O) groups excluding carboxylic acids is 1. The Labute approximate surface area is 124 Å². The quantitative estimate of drug-likeness (QED) is 0.906. The second kappa shape index (κ2) is 5.99. The molecule has 1 aromatic heterocycles.